The first-order valence-corrected chi connectivity index (χ1v) is 10.9. The zero-order valence-electron chi connectivity index (χ0n) is 17.4. The van der Waals surface area contributed by atoms with Gasteiger partial charge in [-0.15, -0.1) is 0 Å². The van der Waals surface area contributed by atoms with Gasteiger partial charge in [0.1, 0.15) is 5.82 Å². The van der Waals surface area contributed by atoms with Gasteiger partial charge >= 0.3 is 0 Å². The van der Waals surface area contributed by atoms with Crippen molar-refractivity contribution in [1.29, 1.82) is 0 Å². The number of amides is 1. The molecule has 0 bridgehead atoms. The maximum atomic E-state index is 14.3. The molecule has 5 heteroatoms. The molecule has 4 nitrogen and oxygen atoms in total. The Morgan fingerprint density at radius 1 is 1.03 bits per heavy atom. The van der Waals surface area contributed by atoms with E-state index in [-0.39, 0.29) is 23.6 Å². The molecule has 2 aromatic rings. The molecule has 3 fully saturated rings. The molecule has 1 saturated carbocycles. The van der Waals surface area contributed by atoms with Crippen LogP contribution in [0.25, 0.3) is 0 Å². The van der Waals surface area contributed by atoms with Crippen LogP contribution in [0.3, 0.4) is 0 Å². The number of hydrogen-bond acceptors (Lipinski definition) is 3. The van der Waals surface area contributed by atoms with E-state index < -0.39 is 11.2 Å². The van der Waals surface area contributed by atoms with Crippen molar-refractivity contribution in [3.8, 4) is 0 Å². The lowest BCUT2D eigenvalue weighted by Gasteiger charge is -2.56. The van der Waals surface area contributed by atoms with Crippen LogP contribution in [0.1, 0.15) is 37.3 Å². The van der Waals surface area contributed by atoms with Gasteiger partial charge in [-0.2, -0.15) is 0 Å². The van der Waals surface area contributed by atoms with Crippen LogP contribution in [0.4, 0.5) is 4.39 Å². The number of nitrogens with zero attached hydrogens (tertiary/aromatic N) is 1. The summed E-state index contributed by atoms with van der Waals surface area (Å²) in [4.78, 5) is 15.9. The smallest absolute Gasteiger partial charge is 0.233 e. The molecular weight excluding hydrogens is 381 g/mol. The minimum atomic E-state index is -0.620. The van der Waals surface area contributed by atoms with Crippen LogP contribution in [0.5, 0.6) is 0 Å². The molecule has 0 radical (unpaired) electrons. The van der Waals surface area contributed by atoms with E-state index >= 15 is 0 Å². The molecule has 2 aromatic carbocycles. The number of rotatable bonds is 3. The van der Waals surface area contributed by atoms with Gasteiger partial charge in [0.05, 0.1) is 18.6 Å². The van der Waals surface area contributed by atoms with Gasteiger partial charge < -0.3 is 14.4 Å². The Kier molecular flexibility index (Phi) is 4.91. The molecule has 2 aliphatic heterocycles. The first-order valence-electron chi connectivity index (χ1n) is 10.9. The minimum Gasteiger partial charge on any atom is -0.347 e. The molecule has 2 heterocycles. The van der Waals surface area contributed by atoms with E-state index in [0.29, 0.717) is 44.7 Å². The molecule has 0 aromatic heterocycles. The van der Waals surface area contributed by atoms with Crippen LogP contribution >= 0.6 is 0 Å². The van der Waals surface area contributed by atoms with E-state index in [2.05, 4.69) is 19.1 Å². The topological polar surface area (TPSA) is 38.8 Å². The number of ether oxygens (including phenoxy) is 2. The predicted octanol–water partition coefficient (Wildman–Crippen LogP) is 4.29. The lowest BCUT2D eigenvalue weighted by atomic mass is 9.54. The molecular formula is C25H28FNO3. The summed E-state index contributed by atoms with van der Waals surface area (Å²) >= 11 is 0. The fraction of sp³-hybridized carbons (Fsp3) is 0.480. The third kappa shape index (κ3) is 2.90. The number of benzene rings is 2. The molecule has 0 N–H and O–H groups in total. The van der Waals surface area contributed by atoms with Gasteiger partial charge in [-0.25, -0.2) is 4.39 Å². The second-order valence-electron chi connectivity index (χ2n) is 8.85. The minimum absolute atomic E-state index is 0.105. The van der Waals surface area contributed by atoms with Crippen LogP contribution in [-0.2, 0) is 26.2 Å². The molecule has 158 valence electrons. The second kappa shape index (κ2) is 7.47. The fourth-order valence-electron chi connectivity index (χ4n) is 6.04. The van der Waals surface area contributed by atoms with Gasteiger partial charge in [-0.05, 0) is 30.4 Å². The summed E-state index contributed by atoms with van der Waals surface area (Å²) in [6.07, 6.45) is 2.22. The summed E-state index contributed by atoms with van der Waals surface area (Å²) in [6, 6.07) is 16.9. The zero-order valence-corrected chi connectivity index (χ0v) is 17.4. The monoisotopic (exact) mass is 409 g/mol. The highest BCUT2D eigenvalue weighted by molar-refractivity contribution is 5.90. The summed E-state index contributed by atoms with van der Waals surface area (Å²) in [7, 11) is 0. The van der Waals surface area contributed by atoms with E-state index in [9.17, 15) is 9.18 Å². The molecule has 3 aliphatic rings. The van der Waals surface area contributed by atoms with Gasteiger partial charge in [0.2, 0.25) is 5.91 Å². The van der Waals surface area contributed by atoms with Crippen molar-refractivity contribution in [3.05, 3.63) is 71.5 Å². The molecule has 5 rings (SSSR count). The Bertz CT molecular complexity index is 927. The Morgan fingerprint density at radius 2 is 1.73 bits per heavy atom. The highest BCUT2D eigenvalue weighted by atomic mass is 19.1. The first-order chi connectivity index (χ1) is 14.6. The van der Waals surface area contributed by atoms with Gasteiger partial charge in [0, 0.05) is 31.0 Å². The summed E-state index contributed by atoms with van der Waals surface area (Å²) < 4.78 is 26.5. The van der Waals surface area contributed by atoms with Crippen LogP contribution in [0.2, 0.25) is 0 Å². The maximum absolute atomic E-state index is 14.3. The van der Waals surface area contributed by atoms with Gasteiger partial charge in [0.25, 0.3) is 0 Å². The van der Waals surface area contributed by atoms with Crippen molar-refractivity contribution in [2.45, 2.75) is 43.9 Å². The molecule has 30 heavy (non-hydrogen) atoms. The van der Waals surface area contributed by atoms with Crippen LogP contribution in [-0.4, -0.2) is 36.4 Å². The van der Waals surface area contributed by atoms with Crippen LogP contribution in [0, 0.1) is 17.7 Å². The second-order valence-corrected chi connectivity index (χ2v) is 8.85. The Hall–Kier alpha value is -2.24. The number of likely N-dealkylation sites (tertiary alicyclic amines) is 1. The summed E-state index contributed by atoms with van der Waals surface area (Å²) in [5.41, 5.74) is 0.998. The lowest BCUT2D eigenvalue weighted by molar-refractivity contribution is -0.238. The SMILES string of the molecule is C[C@H]1[C@@H]2CCN(Cc3ccccc3F)C(=O)C2(c2ccccc2)CCC12OCCO2. The quantitative estimate of drug-likeness (QED) is 0.759. The summed E-state index contributed by atoms with van der Waals surface area (Å²) in [6.45, 7) is 4.32. The highest BCUT2D eigenvalue weighted by Crippen LogP contribution is 2.56. The normalized spacial score (nSPS) is 30.5. The first kappa shape index (κ1) is 19.7. The maximum Gasteiger partial charge on any atom is 0.233 e. The number of carbonyl (C=O) groups excluding carboxylic acids is 1. The Labute approximate surface area is 177 Å². The van der Waals surface area contributed by atoms with Gasteiger partial charge in [-0.1, -0.05) is 55.5 Å². The summed E-state index contributed by atoms with van der Waals surface area (Å²) in [5.74, 6) is -0.501. The Morgan fingerprint density at radius 3 is 2.47 bits per heavy atom. The van der Waals surface area contributed by atoms with Crippen LogP contribution < -0.4 is 0 Å². The third-order valence-electron chi connectivity index (χ3n) is 7.56. The lowest BCUT2D eigenvalue weighted by Crippen LogP contribution is -2.64. The third-order valence-corrected chi connectivity index (χ3v) is 7.56. The van der Waals surface area contributed by atoms with Crippen molar-refractivity contribution in [2.75, 3.05) is 19.8 Å². The molecule has 2 saturated heterocycles. The molecule has 1 aliphatic carbocycles. The van der Waals surface area contributed by atoms with Crippen molar-refractivity contribution >= 4 is 5.91 Å². The fourth-order valence-corrected chi connectivity index (χ4v) is 6.04. The highest BCUT2D eigenvalue weighted by Gasteiger charge is 2.62. The Balaban J connectivity index is 1.53. The van der Waals surface area contributed by atoms with E-state index in [4.69, 9.17) is 9.47 Å². The van der Waals surface area contributed by atoms with E-state index in [1.165, 1.54) is 6.07 Å². The van der Waals surface area contributed by atoms with Crippen molar-refractivity contribution in [3.63, 3.8) is 0 Å². The van der Waals surface area contributed by atoms with Gasteiger partial charge in [-0.3, -0.25) is 4.79 Å². The van der Waals surface area contributed by atoms with E-state index in [0.717, 1.165) is 12.0 Å². The van der Waals surface area contributed by atoms with E-state index in [1.54, 1.807) is 12.1 Å². The molecule has 1 unspecified atom stereocenters. The largest absolute Gasteiger partial charge is 0.347 e. The number of halogens is 1. The number of fused-ring (bicyclic) bond motifs is 1. The van der Waals surface area contributed by atoms with Crippen molar-refractivity contribution in [2.24, 2.45) is 11.8 Å². The van der Waals surface area contributed by atoms with Crippen molar-refractivity contribution in [1.82, 2.24) is 4.90 Å². The number of hydrogen-bond donors (Lipinski definition) is 0. The molecule has 3 atom stereocenters. The molecule has 1 amide bonds. The average molecular weight is 410 g/mol. The zero-order chi connectivity index (χ0) is 20.8. The average Bonchev–Trinajstić information content (AvgIpc) is 3.25. The standard InChI is InChI=1S/C25H28FNO3/c1-18-21-11-14-27(17-19-7-5-6-10-22(19)26)23(28)24(21,20-8-3-2-4-9-20)12-13-25(18)29-15-16-30-25/h2-10,18,21H,11-17H2,1H3/t18-,21-,24?/m0/s1. The van der Waals surface area contributed by atoms with Gasteiger partial charge in [0.15, 0.2) is 5.79 Å². The number of piperidine rings is 1. The summed E-state index contributed by atoms with van der Waals surface area (Å²) in [5, 5.41) is 0. The predicted molar refractivity (Wildman–Crippen MR) is 111 cm³/mol. The van der Waals surface area contributed by atoms with Crippen LogP contribution in [0.15, 0.2) is 54.6 Å². The van der Waals surface area contributed by atoms with Crippen molar-refractivity contribution < 1.29 is 18.7 Å². The molecule has 1 spiro atoms. The number of carbonyl (C=O) groups is 1. The van der Waals surface area contributed by atoms with E-state index in [1.807, 2.05) is 29.2 Å².